The first-order valence-electron chi connectivity index (χ1n) is 12.0. The lowest BCUT2D eigenvalue weighted by Gasteiger charge is -2.41. The summed E-state index contributed by atoms with van der Waals surface area (Å²) in [5.74, 6) is 0.729. The molecule has 5 rings (SSSR count). The Morgan fingerprint density at radius 2 is 1.91 bits per heavy atom. The zero-order chi connectivity index (χ0) is 24.7. The number of ether oxygens (including phenoxy) is 2. The lowest BCUT2D eigenvalue weighted by molar-refractivity contribution is -0.147. The van der Waals surface area contributed by atoms with Gasteiger partial charge in [0.1, 0.15) is 35.8 Å². The largest absolute Gasteiger partial charge is 0.486 e. The van der Waals surface area contributed by atoms with E-state index in [1.807, 2.05) is 24.3 Å². The number of aliphatic hydroxyl groups is 3. The van der Waals surface area contributed by atoms with E-state index in [1.165, 1.54) is 0 Å². The molecule has 35 heavy (non-hydrogen) atoms. The van der Waals surface area contributed by atoms with E-state index in [2.05, 4.69) is 11.9 Å². The molecule has 3 aliphatic heterocycles. The molecule has 4 N–H and O–H groups in total. The highest BCUT2D eigenvalue weighted by molar-refractivity contribution is 6.31. The molecule has 2 aromatic carbocycles. The van der Waals surface area contributed by atoms with Gasteiger partial charge in [0, 0.05) is 17.9 Å². The molecule has 4 atom stereocenters. The Balaban J connectivity index is 1.39. The predicted octanol–water partition coefficient (Wildman–Crippen LogP) is 2.73. The second kappa shape index (κ2) is 9.65. The van der Waals surface area contributed by atoms with Crippen LogP contribution < -0.4 is 10.1 Å². The van der Waals surface area contributed by atoms with Gasteiger partial charge in [0.25, 0.3) is 0 Å². The number of ketones is 1. The van der Waals surface area contributed by atoms with Crippen LogP contribution in [-0.2, 0) is 11.2 Å². The maximum atomic E-state index is 13.0. The lowest BCUT2D eigenvalue weighted by atomic mass is 9.82. The standard InChI is InChI=1S/C27H30ClNO6/c1-15-23(14-30)34-26(25(33)24(15)32)17-3-4-20(28)18(12-17)10-16-2-5-22-19(11-16)21(31)13-27(35-22)6-8-29-9-7-27/h2-5,11-12,23-26,29-30,32-33H,1,6-10,13-14H2. The van der Waals surface area contributed by atoms with Gasteiger partial charge in [0.05, 0.1) is 18.6 Å². The predicted molar refractivity (Wildman–Crippen MR) is 131 cm³/mol. The van der Waals surface area contributed by atoms with Gasteiger partial charge in [-0.05, 0) is 60.0 Å². The zero-order valence-electron chi connectivity index (χ0n) is 19.4. The molecule has 0 saturated carbocycles. The molecular formula is C27H30ClNO6. The van der Waals surface area contributed by atoms with Crippen LogP contribution in [0.4, 0.5) is 0 Å². The van der Waals surface area contributed by atoms with Crippen molar-refractivity contribution < 1.29 is 29.6 Å². The highest BCUT2D eigenvalue weighted by Gasteiger charge is 2.42. The number of benzene rings is 2. The number of nitrogens with one attached hydrogen (secondary N) is 1. The first-order valence-corrected chi connectivity index (χ1v) is 12.3. The quantitative estimate of drug-likeness (QED) is 0.479. The Kier molecular flexibility index (Phi) is 6.74. The van der Waals surface area contributed by atoms with E-state index in [0.29, 0.717) is 34.7 Å². The molecule has 2 aromatic rings. The van der Waals surface area contributed by atoms with E-state index in [-0.39, 0.29) is 18.0 Å². The van der Waals surface area contributed by atoms with Gasteiger partial charge in [-0.2, -0.15) is 0 Å². The minimum atomic E-state index is -1.22. The van der Waals surface area contributed by atoms with Gasteiger partial charge in [-0.25, -0.2) is 0 Å². The Morgan fingerprint density at radius 3 is 2.66 bits per heavy atom. The number of piperidine rings is 1. The molecule has 2 fully saturated rings. The fourth-order valence-corrected chi connectivity index (χ4v) is 5.48. The van der Waals surface area contributed by atoms with Crippen molar-refractivity contribution in [1.29, 1.82) is 0 Å². The van der Waals surface area contributed by atoms with Crippen molar-refractivity contribution in [3.63, 3.8) is 0 Å². The van der Waals surface area contributed by atoms with Crippen LogP contribution in [-0.4, -0.2) is 64.7 Å². The zero-order valence-corrected chi connectivity index (χ0v) is 20.1. The summed E-state index contributed by atoms with van der Waals surface area (Å²) in [6.07, 6.45) is -1.56. The molecule has 2 saturated heterocycles. The number of aliphatic hydroxyl groups excluding tert-OH is 3. The SMILES string of the molecule is C=C1C(CO)OC(c2ccc(Cl)c(Cc3ccc4c(c3)C(=O)CC3(CCNCC3)O4)c2)C(O)C1O. The molecule has 3 aliphatic rings. The first-order chi connectivity index (χ1) is 16.8. The Morgan fingerprint density at radius 1 is 1.14 bits per heavy atom. The Hall–Kier alpha value is -2.26. The molecule has 0 aliphatic carbocycles. The van der Waals surface area contributed by atoms with Gasteiger partial charge in [-0.1, -0.05) is 36.4 Å². The molecule has 3 heterocycles. The van der Waals surface area contributed by atoms with Crippen molar-refractivity contribution in [2.24, 2.45) is 0 Å². The average Bonchev–Trinajstić information content (AvgIpc) is 2.85. The number of Topliss-reactive ketones (excluding diaryl/α,β-unsaturated/α-hetero) is 1. The fraction of sp³-hybridized carbons (Fsp3) is 0.444. The highest BCUT2D eigenvalue weighted by atomic mass is 35.5. The molecule has 8 heteroatoms. The Bertz CT molecular complexity index is 1140. The monoisotopic (exact) mass is 499 g/mol. The topological polar surface area (TPSA) is 108 Å². The minimum Gasteiger partial charge on any atom is -0.486 e. The molecule has 186 valence electrons. The number of hydrogen-bond acceptors (Lipinski definition) is 7. The van der Waals surface area contributed by atoms with E-state index >= 15 is 0 Å². The molecule has 1 spiro atoms. The van der Waals surface area contributed by atoms with Crippen molar-refractivity contribution >= 4 is 17.4 Å². The molecule has 0 amide bonds. The van der Waals surface area contributed by atoms with Crippen LogP contribution in [0.1, 0.15) is 52.4 Å². The van der Waals surface area contributed by atoms with Crippen LogP contribution in [0.25, 0.3) is 0 Å². The smallest absolute Gasteiger partial charge is 0.170 e. The molecule has 0 radical (unpaired) electrons. The van der Waals surface area contributed by atoms with Crippen LogP contribution in [0.15, 0.2) is 48.6 Å². The lowest BCUT2D eigenvalue weighted by Crippen LogP contribution is -2.49. The second-order valence-corrected chi connectivity index (χ2v) is 10.1. The third-order valence-corrected chi connectivity index (χ3v) is 7.73. The third kappa shape index (κ3) is 4.65. The van der Waals surface area contributed by atoms with Gasteiger partial charge < -0.3 is 30.1 Å². The Labute approximate surface area is 209 Å². The third-order valence-electron chi connectivity index (χ3n) is 7.37. The van der Waals surface area contributed by atoms with Gasteiger partial charge in [-0.15, -0.1) is 0 Å². The van der Waals surface area contributed by atoms with Crippen LogP contribution >= 0.6 is 11.6 Å². The number of hydrogen-bond donors (Lipinski definition) is 4. The summed E-state index contributed by atoms with van der Waals surface area (Å²) in [5.41, 5.74) is 2.77. The van der Waals surface area contributed by atoms with Gasteiger partial charge in [-0.3, -0.25) is 4.79 Å². The van der Waals surface area contributed by atoms with Crippen LogP contribution in [0.3, 0.4) is 0 Å². The summed E-state index contributed by atoms with van der Waals surface area (Å²) >= 11 is 6.49. The molecule has 0 bridgehead atoms. The second-order valence-electron chi connectivity index (χ2n) is 9.73. The van der Waals surface area contributed by atoms with Gasteiger partial charge in [0.15, 0.2) is 5.78 Å². The number of halogens is 1. The number of carbonyl (C=O) groups excluding carboxylic acids is 1. The van der Waals surface area contributed by atoms with Crippen LogP contribution in [0.5, 0.6) is 5.75 Å². The van der Waals surface area contributed by atoms with E-state index < -0.39 is 30.0 Å². The van der Waals surface area contributed by atoms with E-state index in [1.54, 1.807) is 12.1 Å². The van der Waals surface area contributed by atoms with Crippen molar-refractivity contribution in [1.82, 2.24) is 5.32 Å². The van der Waals surface area contributed by atoms with E-state index in [0.717, 1.165) is 37.1 Å². The summed E-state index contributed by atoms with van der Waals surface area (Å²) < 4.78 is 12.2. The summed E-state index contributed by atoms with van der Waals surface area (Å²) in [4.78, 5) is 13.0. The summed E-state index contributed by atoms with van der Waals surface area (Å²) in [6.45, 7) is 5.07. The van der Waals surface area contributed by atoms with Crippen molar-refractivity contribution in [2.45, 2.75) is 55.7 Å². The van der Waals surface area contributed by atoms with E-state index in [9.17, 15) is 20.1 Å². The average molecular weight is 500 g/mol. The van der Waals surface area contributed by atoms with Crippen LogP contribution in [0, 0.1) is 0 Å². The molecule has 7 nitrogen and oxygen atoms in total. The maximum absolute atomic E-state index is 13.0. The first kappa shape index (κ1) is 24.4. The normalized spacial score (nSPS) is 28.0. The van der Waals surface area contributed by atoms with Crippen molar-refractivity contribution in [2.75, 3.05) is 19.7 Å². The number of rotatable bonds is 4. The molecule has 0 aromatic heterocycles. The van der Waals surface area contributed by atoms with E-state index in [4.69, 9.17) is 21.1 Å². The number of fused-ring (bicyclic) bond motifs is 1. The summed E-state index contributed by atoms with van der Waals surface area (Å²) in [7, 11) is 0. The minimum absolute atomic E-state index is 0.0952. The molecule has 4 unspecified atom stereocenters. The summed E-state index contributed by atoms with van der Waals surface area (Å²) in [6, 6.07) is 11.0. The van der Waals surface area contributed by atoms with Crippen molar-refractivity contribution in [3.8, 4) is 5.75 Å². The van der Waals surface area contributed by atoms with Gasteiger partial charge >= 0.3 is 0 Å². The maximum Gasteiger partial charge on any atom is 0.170 e. The fourth-order valence-electron chi connectivity index (χ4n) is 5.30. The number of carbonyl (C=O) groups is 1. The van der Waals surface area contributed by atoms with Crippen molar-refractivity contribution in [3.05, 3.63) is 75.8 Å². The highest BCUT2D eigenvalue weighted by Crippen LogP contribution is 2.39. The summed E-state index contributed by atoms with van der Waals surface area (Å²) in [5, 5.41) is 34.4. The molecular weight excluding hydrogens is 470 g/mol. The van der Waals surface area contributed by atoms with Gasteiger partial charge in [0.2, 0.25) is 0 Å². The van der Waals surface area contributed by atoms with Crippen LogP contribution in [0.2, 0.25) is 5.02 Å².